The first-order valence-electron chi connectivity index (χ1n) is 6.29. The van der Waals surface area contributed by atoms with Crippen molar-refractivity contribution < 1.29 is 12.8 Å². The maximum Gasteiger partial charge on any atom is 0.240 e. The molecule has 0 amide bonds. The molecule has 0 aliphatic heterocycles. The van der Waals surface area contributed by atoms with Crippen LogP contribution in [-0.2, 0) is 16.6 Å². The van der Waals surface area contributed by atoms with E-state index in [0.717, 1.165) is 6.07 Å². The summed E-state index contributed by atoms with van der Waals surface area (Å²) in [6, 6.07) is 2.37. The molecule has 0 aliphatic carbocycles. The fourth-order valence-corrected chi connectivity index (χ4v) is 2.99. The minimum atomic E-state index is -3.71. The van der Waals surface area contributed by atoms with Crippen LogP contribution < -0.4 is 10.5 Å². The molecule has 0 spiro atoms. The molecule has 0 radical (unpaired) electrons. The average Bonchev–Trinajstić information content (AvgIpc) is 2.93. The molecule has 1 aromatic carbocycles. The lowest BCUT2D eigenvalue weighted by atomic mass is 10.2. The first kappa shape index (κ1) is 15.4. The first-order chi connectivity index (χ1) is 9.90. The van der Waals surface area contributed by atoms with Gasteiger partial charge < -0.3 is 5.73 Å². The van der Waals surface area contributed by atoms with Crippen molar-refractivity contribution in [3.63, 3.8) is 0 Å². The van der Waals surface area contributed by atoms with E-state index in [9.17, 15) is 12.8 Å². The van der Waals surface area contributed by atoms with Gasteiger partial charge in [0.15, 0.2) is 0 Å². The topological polar surface area (TPSA) is 103 Å². The molecule has 9 heteroatoms. The van der Waals surface area contributed by atoms with Crippen molar-refractivity contribution in [2.24, 2.45) is 0 Å². The maximum absolute atomic E-state index is 13.4. The molecule has 0 fully saturated rings. The number of nitrogens with zero attached hydrogens (tertiary/aromatic N) is 3. The van der Waals surface area contributed by atoms with Crippen molar-refractivity contribution >= 4 is 15.7 Å². The van der Waals surface area contributed by atoms with Crippen molar-refractivity contribution in [1.29, 1.82) is 0 Å². The van der Waals surface area contributed by atoms with Gasteiger partial charge >= 0.3 is 0 Å². The van der Waals surface area contributed by atoms with Crippen molar-refractivity contribution in [2.45, 2.75) is 24.8 Å². The number of nitrogens with one attached hydrogen (secondary N) is 1. The summed E-state index contributed by atoms with van der Waals surface area (Å²) in [5.74, 6) is -0.597. The van der Waals surface area contributed by atoms with Gasteiger partial charge in [0.2, 0.25) is 10.0 Å². The summed E-state index contributed by atoms with van der Waals surface area (Å²) in [6.45, 7) is 2.25. The van der Waals surface area contributed by atoms with E-state index in [2.05, 4.69) is 15.0 Å². The van der Waals surface area contributed by atoms with Gasteiger partial charge in [-0.1, -0.05) is 5.21 Å². The second-order valence-corrected chi connectivity index (χ2v) is 6.33. The van der Waals surface area contributed by atoms with Crippen LogP contribution in [0.4, 0.5) is 10.1 Å². The number of hydrogen-bond donors (Lipinski definition) is 2. The molecular weight excluding hydrogens is 297 g/mol. The number of halogens is 1. The van der Waals surface area contributed by atoms with Crippen molar-refractivity contribution in [1.82, 2.24) is 19.7 Å². The monoisotopic (exact) mass is 313 g/mol. The summed E-state index contributed by atoms with van der Waals surface area (Å²) >= 11 is 0. The predicted octanol–water partition coefficient (Wildman–Crippen LogP) is 0.676. The third-order valence-corrected chi connectivity index (χ3v) is 4.33. The lowest BCUT2D eigenvalue weighted by molar-refractivity contribution is 0.542. The Labute approximate surface area is 122 Å². The molecule has 114 valence electrons. The Kier molecular flexibility index (Phi) is 4.53. The molecule has 21 heavy (non-hydrogen) atoms. The molecule has 0 saturated carbocycles. The van der Waals surface area contributed by atoms with Crippen molar-refractivity contribution in [3.8, 4) is 0 Å². The predicted molar refractivity (Wildman–Crippen MR) is 75.4 cm³/mol. The van der Waals surface area contributed by atoms with E-state index in [1.165, 1.54) is 13.0 Å². The fourth-order valence-electron chi connectivity index (χ4n) is 1.80. The SMILES string of the molecule is Cc1cc(S(=O)(=O)NCCCn2ccnn2)cc(N)c1F. The lowest BCUT2D eigenvalue weighted by Crippen LogP contribution is -2.26. The van der Waals surface area contributed by atoms with Crippen LogP contribution in [-0.4, -0.2) is 30.0 Å². The molecule has 1 aromatic heterocycles. The summed E-state index contributed by atoms with van der Waals surface area (Å²) in [5.41, 5.74) is 5.46. The smallest absolute Gasteiger partial charge is 0.240 e. The zero-order valence-corrected chi connectivity index (χ0v) is 12.3. The van der Waals surface area contributed by atoms with Crippen LogP contribution in [0.25, 0.3) is 0 Å². The summed E-state index contributed by atoms with van der Waals surface area (Å²) in [7, 11) is -3.71. The molecule has 3 N–H and O–H groups in total. The van der Waals surface area contributed by atoms with Gasteiger partial charge in [-0.15, -0.1) is 5.10 Å². The fraction of sp³-hybridized carbons (Fsp3) is 0.333. The third-order valence-electron chi connectivity index (χ3n) is 2.89. The van der Waals surface area contributed by atoms with Crippen LogP contribution in [0, 0.1) is 12.7 Å². The van der Waals surface area contributed by atoms with Crippen LogP contribution in [0.5, 0.6) is 0 Å². The summed E-state index contributed by atoms with van der Waals surface area (Å²) in [4.78, 5) is -0.0420. The molecule has 0 unspecified atom stereocenters. The van der Waals surface area contributed by atoms with E-state index in [1.54, 1.807) is 17.1 Å². The molecule has 1 heterocycles. The summed E-state index contributed by atoms with van der Waals surface area (Å²) < 4.78 is 41.6. The van der Waals surface area contributed by atoms with Gasteiger partial charge in [0.1, 0.15) is 5.82 Å². The Balaban J connectivity index is 1.98. The minimum absolute atomic E-state index is 0.0420. The van der Waals surface area contributed by atoms with Crippen molar-refractivity contribution in [2.75, 3.05) is 12.3 Å². The number of rotatable bonds is 6. The molecular formula is C12H16FN5O2S. The van der Waals surface area contributed by atoms with Gasteiger partial charge in [0.05, 0.1) is 16.8 Å². The van der Waals surface area contributed by atoms with Crippen LogP contribution in [0.15, 0.2) is 29.4 Å². The van der Waals surface area contributed by atoms with E-state index in [1.807, 2.05) is 0 Å². The Morgan fingerprint density at radius 1 is 1.43 bits per heavy atom. The van der Waals surface area contributed by atoms with E-state index >= 15 is 0 Å². The summed E-state index contributed by atoms with van der Waals surface area (Å²) in [5, 5.41) is 7.42. The molecule has 2 aromatic rings. The maximum atomic E-state index is 13.4. The molecule has 7 nitrogen and oxygen atoms in total. The van der Waals surface area contributed by atoms with Gasteiger partial charge in [-0.25, -0.2) is 17.5 Å². The third kappa shape index (κ3) is 3.76. The highest BCUT2D eigenvalue weighted by Crippen LogP contribution is 2.20. The lowest BCUT2D eigenvalue weighted by Gasteiger charge is -2.09. The van der Waals surface area contributed by atoms with E-state index in [4.69, 9.17) is 5.73 Å². The normalized spacial score (nSPS) is 11.7. The molecule has 0 saturated heterocycles. The number of aryl methyl sites for hydroxylation is 2. The highest BCUT2D eigenvalue weighted by atomic mass is 32.2. The molecule has 2 rings (SSSR count). The number of sulfonamides is 1. The zero-order chi connectivity index (χ0) is 15.5. The van der Waals surface area contributed by atoms with Crippen LogP contribution in [0.3, 0.4) is 0 Å². The second-order valence-electron chi connectivity index (χ2n) is 4.56. The van der Waals surface area contributed by atoms with Crippen molar-refractivity contribution in [3.05, 3.63) is 35.9 Å². The molecule has 0 bridgehead atoms. The largest absolute Gasteiger partial charge is 0.396 e. The van der Waals surface area contributed by atoms with Gasteiger partial charge in [-0.3, -0.25) is 4.68 Å². The Morgan fingerprint density at radius 3 is 2.81 bits per heavy atom. The van der Waals surface area contributed by atoms with E-state index in [0.29, 0.717) is 13.0 Å². The molecule has 0 atom stereocenters. The van der Waals surface area contributed by atoms with Gasteiger partial charge in [0.25, 0.3) is 0 Å². The van der Waals surface area contributed by atoms with Crippen LogP contribution in [0.2, 0.25) is 0 Å². The van der Waals surface area contributed by atoms with Gasteiger partial charge in [0, 0.05) is 19.3 Å². The Bertz CT molecular complexity index is 692. The molecule has 0 aliphatic rings. The number of hydrogen-bond acceptors (Lipinski definition) is 5. The first-order valence-corrected chi connectivity index (χ1v) is 7.78. The van der Waals surface area contributed by atoms with E-state index in [-0.39, 0.29) is 22.7 Å². The minimum Gasteiger partial charge on any atom is -0.396 e. The highest BCUT2D eigenvalue weighted by Gasteiger charge is 2.16. The van der Waals surface area contributed by atoms with E-state index < -0.39 is 15.8 Å². The standard InChI is InChI=1S/C12H16FN5O2S/c1-9-7-10(8-11(14)12(9)13)21(19,20)16-3-2-5-18-6-4-15-17-18/h4,6-8,16H,2-3,5,14H2,1H3. The number of anilines is 1. The highest BCUT2D eigenvalue weighted by molar-refractivity contribution is 7.89. The van der Waals surface area contributed by atoms with Crippen LogP contribution >= 0.6 is 0 Å². The summed E-state index contributed by atoms with van der Waals surface area (Å²) in [6.07, 6.45) is 3.80. The zero-order valence-electron chi connectivity index (χ0n) is 11.5. The van der Waals surface area contributed by atoms with Crippen LogP contribution in [0.1, 0.15) is 12.0 Å². The average molecular weight is 313 g/mol. The number of nitrogen functional groups attached to an aromatic ring is 1. The quantitative estimate of drug-likeness (QED) is 0.603. The number of aromatic nitrogens is 3. The second kappa shape index (κ2) is 6.19. The van der Waals surface area contributed by atoms with Gasteiger partial charge in [-0.2, -0.15) is 0 Å². The Hall–Kier alpha value is -2.00. The van der Waals surface area contributed by atoms with Gasteiger partial charge in [-0.05, 0) is 31.0 Å². The number of nitrogens with two attached hydrogens (primary N) is 1. The Morgan fingerprint density at radius 2 is 2.19 bits per heavy atom. The number of benzene rings is 1.